The molecular formula is C20H32O. The van der Waals surface area contributed by atoms with Gasteiger partial charge in [-0.25, -0.2) is 0 Å². The largest absolute Gasteiger partial charge is 0.396 e. The third-order valence-electron chi connectivity index (χ3n) is 8.41. The van der Waals surface area contributed by atoms with E-state index in [1.807, 2.05) is 0 Å². The molecule has 0 aromatic heterocycles. The third kappa shape index (κ3) is 1.73. The van der Waals surface area contributed by atoms with Gasteiger partial charge in [-0.1, -0.05) is 39.3 Å². The van der Waals surface area contributed by atoms with Crippen LogP contribution in [0, 0.1) is 33.5 Å². The fourth-order valence-electron chi connectivity index (χ4n) is 7.46. The van der Waals surface area contributed by atoms with Crippen molar-refractivity contribution >= 4 is 0 Å². The van der Waals surface area contributed by atoms with Gasteiger partial charge >= 0.3 is 0 Å². The van der Waals surface area contributed by atoms with Crippen molar-refractivity contribution in [3.05, 3.63) is 12.2 Å². The second kappa shape index (κ2) is 4.16. The summed E-state index contributed by atoms with van der Waals surface area (Å²) in [4.78, 5) is 0. The van der Waals surface area contributed by atoms with Gasteiger partial charge in [0.1, 0.15) is 0 Å². The van der Waals surface area contributed by atoms with E-state index in [0.717, 1.165) is 11.8 Å². The zero-order valence-corrected chi connectivity index (χ0v) is 14.1. The molecule has 1 heteroatoms. The summed E-state index contributed by atoms with van der Waals surface area (Å²) in [6.07, 6.45) is 16.1. The van der Waals surface area contributed by atoms with E-state index in [0.29, 0.717) is 22.9 Å². The first-order valence-corrected chi connectivity index (χ1v) is 9.17. The summed E-state index contributed by atoms with van der Waals surface area (Å²) in [7, 11) is 0. The second-order valence-corrected chi connectivity index (χ2v) is 9.75. The average molecular weight is 288 g/mol. The highest BCUT2D eigenvalue weighted by Crippen LogP contribution is 2.71. The Hall–Kier alpha value is -0.300. The summed E-state index contributed by atoms with van der Waals surface area (Å²) in [5.41, 5.74) is 1.64. The number of hydrogen-bond donors (Lipinski definition) is 1. The fraction of sp³-hybridized carbons (Fsp3) is 0.900. The van der Waals surface area contributed by atoms with E-state index in [-0.39, 0.29) is 5.41 Å². The number of rotatable bonds is 1. The molecular weight excluding hydrogens is 256 g/mol. The molecule has 3 saturated carbocycles. The average Bonchev–Trinajstić information content (AvgIpc) is 2.69. The maximum Gasteiger partial charge on any atom is 0.0487 e. The molecule has 2 bridgehead atoms. The molecule has 1 nitrogen and oxygen atoms in total. The molecule has 118 valence electrons. The van der Waals surface area contributed by atoms with Crippen LogP contribution >= 0.6 is 0 Å². The molecule has 0 aliphatic heterocycles. The van der Waals surface area contributed by atoms with Gasteiger partial charge in [0.05, 0.1) is 0 Å². The minimum absolute atomic E-state index is 0.178. The number of aliphatic hydroxyl groups excluding tert-OH is 1. The van der Waals surface area contributed by atoms with Crippen LogP contribution in [0.2, 0.25) is 0 Å². The van der Waals surface area contributed by atoms with E-state index in [4.69, 9.17) is 0 Å². The molecule has 0 aromatic rings. The van der Waals surface area contributed by atoms with Crippen molar-refractivity contribution in [2.24, 2.45) is 33.5 Å². The SMILES string of the molecule is C[C@]12C=C[C@@]3(CC[C@@H]4[C@](C)(CO)CCC[C@@]4(C)[C@H]3CC1)C2. The third-order valence-corrected chi connectivity index (χ3v) is 8.41. The highest BCUT2D eigenvalue weighted by atomic mass is 16.3. The topological polar surface area (TPSA) is 20.2 Å². The van der Waals surface area contributed by atoms with Crippen molar-refractivity contribution < 1.29 is 5.11 Å². The Bertz CT molecular complexity index is 482. The van der Waals surface area contributed by atoms with E-state index < -0.39 is 0 Å². The Balaban J connectivity index is 1.74. The van der Waals surface area contributed by atoms with Crippen LogP contribution in [-0.4, -0.2) is 11.7 Å². The number of allylic oxidation sites excluding steroid dienone is 2. The van der Waals surface area contributed by atoms with Crippen LogP contribution in [0.3, 0.4) is 0 Å². The Kier molecular flexibility index (Phi) is 2.83. The lowest BCUT2D eigenvalue weighted by Gasteiger charge is -2.64. The van der Waals surface area contributed by atoms with Gasteiger partial charge in [-0.15, -0.1) is 0 Å². The lowest BCUT2D eigenvalue weighted by Crippen LogP contribution is -2.57. The van der Waals surface area contributed by atoms with Crippen LogP contribution in [0.25, 0.3) is 0 Å². The number of fused-ring (bicyclic) bond motifs is 3. The summed E-state index contributed by atoms with van der Waals surface area (Å²) in [6, 6.07) is 0. The first-order chi connectivity index (χ1) is 9.86. The normalized spacial score (nSPS) is 58.7. The Morgan fingerprint density at radius 3 is 2.48 bits per heavy atom. The van der Waals surface area contributed by atoms with Gasteiger partial charge in [-0.2, -0.15) is 0 Å². The van der Waals surface area contributed by atoms with Crippen molar-refractivity contribution in [3.8, 4) is 0 Å². The van der Waals surface area contributed by atoms with E-state index >= 15 is 0 Å². The van der Waals surface area contributed by atoms with Gasteiger partial charge in [0.15, 0.2) is 0 Å². The fourth-order valence-corrected chi connectivity index (χ4v) is 7.46. The smallest absolute Gasteiger partial charge is 0.0487 e. The molecule has 0 radical (unpaired) electrons. The number of hydrogen-bond acceptors (Lipinski definition) is 1. The molecule has 4 rings (SSSR count). The summed E-state index contributed by atoms with van der Waals surface area (Å²) in [6.45, 7) is 7.82. The zero-order chi connectivity index (χ0) is 14.9. The first-order valence-electron chi connectivity index (χ1n) is 9.17. The molecule has 0 saturated heterocycles. The predicted molar refractivity (Wildman–Crippen MR) is 86.9 cm³/mol. The molecule has 0 heterocycles. The molecule has 3 fully saturated rings. The maximum absolute atomic E-state index is 10.1. The van der Waals surface area contributed by atoms with E-state index in [1.54, 1.807) is 0 Å². The minimum atomic E-state index is 0.178. The summed E-state index contributed by atoms with van der Waals surface area (Å²) in [5, 5.41) is 10.1. The van der Waals surface area contributed by atoms with Gasteiger partial charge in [-0.3, -0.25) is 0 Å². The minimum Gasteiger partial charge on any atom is -0.396 e. The van der Waals surface area contributed by atoms with Crippen molar-refractivity contribution in [2.75, 3.05) is 6.61 Å². The highest BCUT2D eigenvalue weighted by Gasteiger charge is 2.63. The first kappa shape index (κ1) is 14.3. The van der Waals surface area contributed by atoms with Crippen LogP contribution in [0.1, 0.15) is 72.1 Å². The monoisotopic (exact) mass is 288 g/mol. The van der Waals surface area contributed by atoms with E-state index in [9.17, 15) is 5.11 Å². The van der Waals surface area contributed by atoms with Gasteiger partial charge < -0.3 is 5.11 Å². The second-order valence-electron chi connectivity index (χ2n) is 9.75. The van der Waals surface area contributed by atoms with Gasteiger partial charge in [0.2, 0.25) is 0 Å². The summed E-state index contributed by atoms with van der Waals surface area (Å²) < 4.78 is 0. The van der Waals surface area contributed by atoms with Crippen molar-refractivity contribution in [3.63, 3.8) is 0 Å². The van der Waals surface area contributed by atoms with Gasteiger partial charge in [0, 0.05) is 6.61 Å². The van der Waals surface area contributed by atoms with Crippen LogP contribution in [0.15, 0.2) is 12.2 Å². The molecule has 6 atom stereocenters. The van der Waals surface area contributed by atoms with E-state index in [1.165, 1.54) is 51.4 Å². The van der Waals surface area contributed by atoms with Crippen molar-refractivity contribution in [1.29, 1.82) is 0 Å². The van der Waals surface area contributed by atoms with Crippen molar-refractivity contribution in [2.45, 2.75) is 72.1 Å². The van der Waals surface area contributed by atoms with E-state index in [2.05, 4.69) is 32.9 Å². The Morgan fingerprint density at radius 1 is 0.952 bits per heavy atom. The quantitative estimate of drug-likeness (QED) is 0.677. The summed E-state index contributed by atoms with van der Waals surface area (Å²) >= 11 is 0. The molecule has 4 aliphatic rings. The molecule has 1 spiro atoms. The molecule has 0 aromatic carbocycles. The van der Waals surface area contributed by atoms with Crippen LogP contribution in [0.5, 0.6) is 0 Å². The van der Waals surface area contributed by atoms with Gasteiger partial charge in [0.25, 0.3) is 0 Å². The standard InChI is InChI=1S/C20H32O/c1-17-9-5-16-19(3)8-4-7-18(2,14-21)15(19)6-10-20(16,13-17)12-11-17/h11-12,15-16,21H,4-10,13-14H2,1-3H3/t15-,16-,17-,18+,19-,20+/m1/s1. The van der Waals surface area contributed by atoms with Crippen molar-refractivity contribution in [1.82, 2.24) is 0 Å². The number of aliphatic hydroxyl groups is 1. The predicted octanol–water partition coefficient (Wildman–Crippen LogP) is 4.95. The highest BCUT2D eigenvalue weighted by molar-refractivity contribution is 5.25. The maximum atomic E-state index is 10.1. The van der Waals surface area contributed by atoms with Crippen LogP contribution in [-0.2, 0) is 0 Å². The molecule has 4 aliphatic carbocycles. The van der Waals surface area contributed by atoms with Gasteiger partial charge in [-0.05, 0) is 78.4 Å². The summed E-state index contributed by atoms with van der Waals surface area (Å²) in [5.74, 6) is 1.60. The Morgan fingerprint density at radius 2 is 1.71 bits per heavy atom. The molecule has 0 unspecified atom stereocenters. The molecule has 0 amide bonds. The Labute approximate surface area is 130 Å². The lowest BCUT2D eigenvalue weighted by atomic mass is 9.40. The molecule has 1 N–H and O–H groups in total. The van der Waals surface area contributed by atoms with Crippen LogP contribution < -0.4 is 0 Å². The zero-order valence-electron chi connectivity index (χ0n) is 14.1. The lowest BCUT2D eigenvalue weighted by molar-refractivity contribution is -0.154. The van der Waals surface area contributed by atoms with Crippen LogP contribution in [0.4, 0.5) is 0 Å². The molecule has 21 heavy (non-hydrogen) atoms.